The molecule has 0 aliphatic rings. The number of hydrogen-bond donors (Lipinski definition) is 0. The molecule has 0 atom stereocenters. The smallest absolute Gasteiger partial charge is 0.164 e. The maximum atomic E-state index is 14.0. The third kappa shape index (κ3) is 2.48. The molecule has 0 aliphatic heterocycles. The van der Waals surface area contributed by atoms with Crippen molar-refractivity contribution in [1.29, 1.82) is 0 Å². The number of benzene rings is 2. The number of aromatic nitrogens is 3. The van der Waals surface area contributed by atoms with E-state index in [4.69, 9.17) is 0 Å². The summed E-state index contributed by atoms with van der Waals surface area (Å²) in [4.78, 5) is 9.11. The Bertz CT molecular complexity index is 961. The van der Waals surface area contributed by atoms with Crippen LogP contribution in [0.3, 0.4) is 0 Å². The Morgan fingerprint density at radius 3 is 2.48 bits per heavy atom. The van der Waals surface area contributed by atoms with E-state index < -0.39 is 0 Å². The van der Waals surface area contributed by atoms with E-state index in [1.165, 1.54) is 6.07 Å². The highest BCUT2D eigenvalue weighted by Crippen LogP contribution is 2.22. The molecule has 4 rings (SSSR count). The van der Waals surface area contributed by atoms with Crippen LogP contribution in [-0.2, 0) is 6.42 Å². The van der Waals surface area contributed by atoms with Crippen molar-refractivity contribution < 1.29 is 4.39 Å². The number of nitrogens with zero attached hydrogens (tertiary/aromatic N) is 3. The van der Waals surface area contributed by atoms with E-state index in [0.29, 0.717) is 12.0 Å². The molecule has 0 amide bonds. The molecule has 0 N–H and O–H groups in total. The maximum absolute atomic E-state index is 14.0. The van der Waals surface area contributed by atoms with Crippen molar-refractivity contribution in [3.63, 3.8) is 0 Å². The molecule has 23 heavy (non-hydrogen) atoms. The number of rotatable bonds is 3. The molecule has 0 spiro atoms. The first-order valence-corrected chi connectivity index (χ1v) is 7.44. The van der Waals surface area contributed by atoms with Gasteiger partial charge in [-0.3, -0.25) is 4.57 Å². The predicted molar refractivity (Wildman–Crippen MR) is 88.1 cm³/mol. The van der Waals surface area contributed by atoms with E-state index in [1.54, 1.807) is 18.3 Å². The van der Waals surface area contributed by atoms with Crippen LogP contribution in [0.5, 0.6) is 0 Å². The van der Waals surface area contributed by atoms with Gasteiger partial charge in [0.1, 0.15) is 17.2 Å². The van der Waals surface area contributed by atoms with Crippen molar-refractivity contribution in [2.24, 2.45) is 0 Å². The van der Waals surface area contributed by atoms with E-state index in [-0.39, 0.29) is 5.82 Å². The quantitative estimate of drug-likeness (QED) is 0.569. The molecule has 0 unspecified atom stereocenters. The minimum atomic E-state index is -0.216. The van der Waals surface area contributed by atoms with Crippen molar-refractivity contribution in [2.45, 2.75) is 6.42 Å². The highest BCUT2D eigenvalue weighted by Gasteiger charge is 2.14. The summed E-state index contributed by atoms with van der Waals surface area (Å²) in [7, 11) is 0. The van der Waals surface area contributed by atoms with Gasteiger partial charge in [0, 0.05) is 18.3 Å². The van der Waals surface area contributed by atoms with Crippen LogP contribution in [0.15, 0.2) is 72.9 Å². The second-order valence-electron chi connectivity index (χ2n) is 5.31. The summed E-state index contributed by atoms with van der Waals surface area (Å²) in [6.07, 6.45) is 2.16. The summed E-state index contributed by atoms with van der Waals surface area (Å²) in [5.41, 5.74) is 3.19. The summed E-state index contributed by atoms with van der Waals surface area (Å²) in [6, 6.07) is 20.5. The largest absolute Gasteiger partial charge is 0.280 e. The van der Waals surface area contributed by atoms with Gasteiger partial charge in [0.2, 0.25) is 0 Å². The number of hydrogen-bond acceptors (Lipinski definition) is 2. The molecule has 0 saturated carbocycles. The van der Waals surface area contributed by atoms with Crippen LogP contribution in [-0.4, -0.2) is 14.5 Å². The lowest BCUT2D eigenvalue weighted by atomic mass is 10.1. The van der Waals surface area contributed by atoms with Gasteiger partial charge < -0.3 is 0 Å². The van der Waals surface area contributed by atoms with Gasteiger partial charge in [-0.1, -0.05) is 36.4 Å². The lowest BCUT2D eigenvalue weighted by molar-refractivity contribution is 0.611. The van der Waals surface area contributed by atoms with Gasteiger partial charge in [0.25, 0.3) is 0 Å². The van der Waals surface area contributed by atoms with Crippen molar-refractivity contribution in [2.75, 3.05) is 0 Å². The van der Waals surface area contributed by atoms with E-state index in [2.05, 4.69) is 9.97 Å². The Hall–Kier alpha value is -3.01. The number of imidazole rings is 1. The van der Waals surface area contributed by atoms with Gasteiger partial charge in [-0.15, -0.1) is 0 Å². The van der Waals surface area contributed by atoms with Crippen LogP contribution >= 0.6 is 0 Å². The van der Waals surface area contributed by atoms with Gasteiger partial charge in [-0.25, -0.2) is 14.4 Å². The molecular formula is C19H14FN3. The molecule has 3 nitrogen and oxygen atoms in total. The predicted octanol–water partition coefficient (Wildman–Crippen LogP) is 4.15. The molecule has 0 saturated heterocycles. The summed E-state index contributed by atoms with van der Waals surface area (Å²) < 4.78 is 16.0. The number of pyridine rings is 1. The monoisotopic (exact) mass is 303 g/mol. The summed E-state index contributed by atoms with van der Waals surface area (Å²) in [6.45, 7) is 0. The van der Waals surface area contributed by atoms with Crippen LogP contribution < -0.4 is 0 Å². The molecule has 2 aromatic carbocycles. The molecule has 0 fully saturated rings. The van der Waals surface area contributed by atoms with E-state index in [9.17, 15) is 4.39 Å². The number of fused-ring (bicyclic) bond motifs is 1. The second-order valence-corrected chi connectivity index (χ2v) is 5.31. The zero-order chi connectivity index (χ0) is 15.6. The lowest BCUT2D eigenvalue weighted by Gasteiger charge is -2.09. The van der Waals surface area contributed by atoms with E-state index in [0.717, 1.165) is 22.7 Å². The summed E-state index contributed by atoms with van der Waals surface area (Å²) in [5, 5.41) is 0. The number of para-hydroxylation sites is 1. The minimum Gasteiger partial charge on any atom is -0.280 e. The topological polar surface area (TPSA) is 30.7 Å². The van der Waals surface area contributed by atoms with Gasteiger partial charge >= 0.3 is 0 Å². The van der Waals surface area contributed by atoms with Crippen LogP contribution in [0.1, 0.15) is 11.4 Å². The highest BCUT2D eigenvalue weighted by molar-refractivity contribution is 5.73. The SMILES string of the molecule is Fc1ccccc1Cc1nc2cccnc2n1-c1ccccc1. The van der Waals surface area contributed by atoms with Crippen LogP contribution in [0.2, 0.25) is 0 Å². The molecule has 4 heteroatoms. The molecule has 0 aliphatic carbocycles. The first-order valence-electron chi connectivity index (χ1n) is 7.44. The first kappa shape index (κ1) is 13.6. The van der Waals surface area contributed by atoms with Gasteiger partial charge in [-0.05, 0) is 35.9 Å². The molecular weight excluding hydrogens is 289 g/mol. The maximum Gasteiger partial charge on any atom is 0.164 e. The lowest BCUT2D eigenvalue weighted by Crippen LogP contribution is -2.04. The number of halogens is 1. The third-order valence-electron chi connectivity index (χ3n) is 3.81. The summed E-state index contributed by atoms with van der Waals surface area (Å²) in [5.74, 6) is 0.558. The zero-order valence-corrected chi connectivity index (χ0v) is 12.4. The molecule has 4 aromatic rings. The third-order valence-corrected chi connectivity index (χ3v) is 3.81. The van der Waals surface area contributed by atoms with Crippen molar-refractivity contribution in [3.05, 3.63) is 90.1 Å². The van der Waals surface area contributed by atoms with Gasteiger partial charge in [0.05, 0.1) is 0 Å². The Morgan fingerprint density at radius 2 is 1.65 bits per heavy atom. The fourth-order valence-corrected chi connectivity index (χ4v) is 2.74. The Labute approximate surface area is 133 Å². The van der Waals surface area contributed by atoms with E-state index >= 15 is 0 Å². The van der Waals surface area contributed by atoms with Crippen LogP contribution in [0.25, 0.3) is 16.9 Å². The van der Waals surface area contributed by atoms with Crippen molar-refractivity contribution in [3.8, 4) is 5.69 Å². The van der Waals surface area contributed by atoms with Gasteiger partial charge in [-0.2, -0.15) is 0 Å². The van der Waals surface area contributed by atoms with Crippen molar-refractivity contribution >= 4 is 11.2 Å². The first-order chi connectivity index (χ1) is 11.3. The van der Waals surface area contributed by atoms with Crippen LogP contribution in [0, 0.1) is 5.82 Å². The average molecular weight is 303 g/mol. The van der Waals surface area contributed by atoms with Crippen molar-refractivity contribution in [1.82, 2.24) is 14.5 Å². The fraction of sp³-hybridized carbons (Fsp3) is 0.0526. The molecule has 2 aromatic heterocycles. The molecule has 0 radical (unpaired) electrons. The molecule has 0 bridgehead atoms. The molecule has 2 heterocycles. The zero-order valence-electron chi connectivity index (χ0n) is 12.4. The summed E-state index contributed by atoms with van der Waals surface area (Å²) >= 11 is 0. The fourth-order valence-electron chi connectivity index (χ4n) is 2.74. The molecule has 112 valence electrons. The second kappa shape index (κ2) is 5.65. The normalized spacial score (nSPS) is 11.0. The average Bonchev–Trinajstić information content (AvgIpc) is 2.95. The highest BCUT2D eigenvalue weighted by atomic mass is 19.1. The Kier molecular flexibility index (Phi) is 3.35. The Balaban J connectivity index is 1.91. The van der Waals surface area contributed by atoms with Crippen LogP contribution in [0.4, 0.5) is 4.39 Å². The van der Waals surface area contributed by atoms with Gasteiger partial charge in [0.15, 0.2) is 5.65 Å². The standard InChI is InChI=1S/C19H14FN3/c20-16-10-5-4-7-14(16)13-18-22-17-11-6-12-21-19(17)23(18)15-8-2-1-3-9-15/h1-12H,13H2. The minimum absolute atomic E-state index is 0.216. The van der Waals surface area contributed by atoms with E-state index in [1.807, 2.05) is 53.1 Å². The Morgan fingerprint density at radius 1 is 0.870 bits per heavy atom.